The Kier molecular flexibility index (Phi) is 18.8. The Balaban J connectivity index is 1.57. The first-order chi connectivity index (χ1) is 18.7. The largest absolute Gasteiger partial charge is 0.494 e. The van der Waals surface area contributed by atoms with Crippen LogP contribution in [0.4, 0.5) is 0 Å². The van der Waals surface area contributed by atoms with Crippen molar-refractivity contribution in [3.05, 3.63) is 54.1 Å². The van der Waals surface area contributed by atoms with Crippen LogP contribution in [0.15, 0.2) is 48.5 Å². The molecule has 2 aromatic carbocycles. The van der Waals surface area contributed by atoms with Crippen molar-refractivity contribution >= 4 is 0 Å². The highest BCUT2D eigenvalue weighted by Crippen LogP contribution is 2.26. The van der Waals surface area contributed by atoms with Gasteiger partial charge in [-0.15, -0.1) is 0 Å². The van der Waals surface area contributed by atoms with Crippen molar-refractivity contribution in [3.8, 4) is 16.9 Å². The molecule has 214 valence electrons. The highest BCUT2D eigenvalue weighted by atomic mass is 16.5. The third kappa shape index (κ3) is 15.0. The monoisotopic (exact) mass is 522 g/mol. The van der Waals surface area contributed by atoms with Crippen LogP contribution in [0, 0.1) is 0 Å². The predicted octanol–water partition coefficient (Wildman–Crippen LogP) is 11.9. The molecule has 0 fully saturated rings. The summed E-state index contributed by atoms with van der Waals surface area (Å²) < 4.78 is 12.1. The van der Waals surface area contributed by atoms with E-state index in [9.17, 15) is 0 Å². The van der Waals surface area contributed by atoms with Gasteiger partial charge in [0.2, 0.25) is 0 Å². The Morgan fingerprint density at radius 3 is 1.34 bits per heavy atom. The van der Waals surface area contributed by atoms with E-state index in [0.29, 0.717) is 0 Å². The minimum Gasteiger partial charge on any atom is -0.494 e. The van der Waals surface area contributed by atoms with Crippen LogP contribution < -0.4 is 4.74 Å². The fourth-order valence-corrected chi connectivity index (χ4v) is 5.06. The Morgan fingerprint density at radius 1 is 0.474 bits per heavy atom. The van der Waals surface area contributed by atoms with Crippen LogP contribution in [-0.2, 0) is 4.74 Å². The zero-order chi connectivity index (χ0) is 27.1. The van der Waals surface area contributed by atoms with Crippen LogP contribution in [0.1, 0.15) is 148 Å². The predicted molar refractivity (Wildman–Crippen MR) is 166 cm³/mol. The lowest BCUT2D eigenvalue weighted by atomic mass is 10.0. The van der Waals surface area contributed by atoms with E-state index in [4.69, 9.17) is 9.47 Å². The summed E-state index contributed by atoms with van der Waals surface area (Å²) in [6.45, 7) is 8.41. The minimum atomic E-state index is 0.148. The fraction of sp³-hybridized carbons (Fsp3) is 0.667. The molecule has 2 heteroatoms. The summed E-state index contributed by atoms with van der Waals surface area (Å²) in [5.41, 5.74) is 3.73. The molecule has 0 amide bonds. The van der Waals surface area contributed by atoms with Crippen LogP contribution in [0.5, 0.6) is 5.75 Å². The number of hydrogen-bond donors (Lipinski definition) is 0. The molecule has 0 spiro atoms. The van der Waals surface area contributed by atoms with Crippen molar-refractivity contribution in [2.45, 2.75) is 142 Å². The number of rotatable bonds is 24. The number of hydrogen-bond acceptors (Lipinski definition) is 2. The van der Waals surface area contributed by atoms with Crippen molar-refractivity contribution in [2.24, 2.45) is 0 Å². The van der Waals surface area contributed by atoms with Crippen LogP contribution in [0.25, 0.3) is 11.1 Å². The molecular formula is C36H58O2. The smallest absolute Gasteiger partial charge is 0.119 e. The molecule has 2 aromatic rings. The van der Waals surface area contributed by atoms with Gasteiger partial charge >= 0.3 is 0 Å². The topological polar surface area (TPSA) is 18.5 Å². The SMILES string of the molecule is CCCCCCCCCCCCOC(C)c1ccc(-c2ccc(OCCCCCCCCCC)cc2)cc1. The van der Waals surface area contributed by atoms with Crippen molar-refractivity contribution in [1.82, 2.24) is 0 Å². The van der Waals surface area contributed by atoms with E-state index in [1.165, 1.54) is 126 Å². The van der Waals surface area contributed by atoms with Gasteiger partial charge in [0.1, 0.15) is 5.75 Å². The van der Waals surface area contributed by atoms with E-state index < -0.39 is 0 Å². The summed E-state index contributed by atoms with van der Waals surface area (Å²) in [5.74, 6) is 0.974. The zero-order valence-electron chi connectivity index (χ0n) is 25.2. The molecule has 0 heterocycles. The lowest BCUT2D eigenvalue weighted by molar-refractivity contribution is 0.0627. The second-order valence-electron chi connectivity index (χ2n) is 11.2. The average molecular weight is 523 g/mol. The van der Waals surface area contributed by atoms with E-state index in [0.717, 1.165) is 25.4 Å². The van der Waals surface area contributed by atoms with Gasteiger partial charge in [0.05, 0.1) is 12.7 Å². The Bertz CT molecular complexity index is 780. The molecule has 0 radical (unpaired) electrons. The van der Waals surface area contributed by atoms with Gasteiger partial charge in [0, 0.05) is 6.61 Å². The zero-order valence-corrected chi connectivity index (χ0v) is 25.2. The Labute approximate surface area is 235 Å². The second kappa shape index (κ2) is 22.1. The van der Waals surface area contributed by atoms with Gasteiger partial charge in [-0.25, -0.2) is 0 Å². The number of ether oxygens (including phenoxy) is 2. The molecule has 38 heavy (non-hydrogen) atoms. The lowest BCUT2D eigenvalue weighted by Crippen LogP contribution is -2.01. The molecule has 0 aromatic heterocycles. The molecule has 0 aliphatic heterocycles. The summed E-state index contributed by atoms with van der Waals surface area (Å²) in [5, 5.41) is 0. The molecule has 1 unspecified atom stereocenters. The third-order valence-corrected chi connectivity index (χ3v) is 7.70. The summed E-state index contributed by atoms with van der Waals surface area (Å²) >= 11 is 0. The van der Waals surface area contributed by atoms with Gasteiger partial charge in [0.25, 0.3) is 0 Å². The molecule has 0 saturated heterocycles. The van der Waals surface area contributed by atoms with Crippen LogP contribution in [0.2, 0.25) is 0 Å². The van der Waals surface area contributed by atoms with E-state index in [-0.39, 0.29) is 6.10 Å². The first kappa shape index (κ1) is 32.4. The van der Waals surface area contributed by atoms with E-state index in [2.05, 4.69) is 69.3 Å². The van der Waals surface area contributed by atoms with E-state index in [1.54, 1.807) is 0 Å². The standard InChI is InChI=1S/C36H58O2/c1-4-6-8-10-12-14-15-17-18-20-30-37-32(3)33-22-24-34(25-23-33)35-26-28-36(29-27-35)38-31-21-19-16-13-11-9-7-5-2/h22-29,32H,4-21,30-31H2,1-3H3. The van der Waals surface area contributed by atoms with Gasteiger partial charge in [-0.3, -0.25) is 0 Å². The second-order valence-corrected chi connectivity index (χ2v) is 11.2. The van der Waals surface area contributed by atoms with Crippen molar-refractivity contribution in [1.29, 1.82) is 0 Å². The summed E-state index contributed by atoms with van der Waals surface area (Å²) in [4.78, 5) is 0. The average Bonchev–Trinajstić information content (AvgIpc) is 2.95. The minimum absolute atomic E-state index is 0.148. The van der Waals surface area contributed by atoms with Crippen LogP contribution in [0.3, 0.4) is 0 Å². The lowest BCUT2D eigenvalue weighted by Gasteiger charge is -2.14. The molecule has 2 nitrogen and oxygen atoms in total. The normalized spacial score (nSPS) is 12.1. The summed E-state index contributed by atoms with van der Waals surface area (Å²) in [6.07, 6.45) is 24.4. The highest BCUT2D eigenvalue weighted by Gasteiger charge is 2.07. The Hall–Kier alpha value is -1.80. The molecule has 0 aliphatic rings. The molecule has 0 N–H and O–H groups in total. The van der Waals surface area contributed by atoms with Crippen LogP contribution in [-0.4, -0.2) is 13.2 Å². The first-order valence-corrected chi connectivity index (χ1v) is 16.2. The Morgan fingerprint density at radius 2 is 0.868 bits per heavy atom. The number of benzene rings is 2. The molecule has 0 saturated carbocycles. The van der Waals surface area contributed by atoms with Gasteiger partial charge in [-0.1, -0.05) is 153 Å². The van der Waals surface area contributed by atoms with E-state index in [1.807, 2.05) is 0 Å². The maximum atomic E-state index is 6.13. The maximum Gasteiger partial charge on any atom is 0.119 e. The highest BCUT2D eigenvalue weighted by molar-refractivity contribution is 5.64. The molecular weight excluding hydrogens is 464 g/mol. The molecule has 0 bridgehead atoms. The molecule has 0 aliphatic carbocycles. The maximum absolute atomic E-state index is 6.13. The fourth-order valence-electron chi connectivity index (χ4n) is 5.06. The van der Waals surface area contributed by atoms with Crippen LogP contribution >= 0.6 is 0 Å². The third-order valence-electron chi connectivity index (χ3n) is 7.70. The molecule has 1 atom stereocenters. The quantitative estimate of drug-likeness (QED) is 0.128. The first-order valence-electron chi connectivity index (χ1n) is 16.2. The summed E-state index contributed by atoms with van der Waals surface area (Å²) in [7, 11) is 0. The summed E-state index contributed by atoms with van der Waals surface area (Å²) in [6, 6.07) is 17.4. The van der Waals surface area contributed by atoms with Crippen molar-refractivity contribution in [3.63, 3.8) is 0 Å². The van der Waals surface area contributed by atoms with Gasteiger partial charge in [0.15, 0.2) is 0 Å². The van der Waals surface area contributed by atoms with E-state index >= 15 is 0 Å². The van der Waals surface area contributed by atoms with Gasteiger partial charge in [-0.05, 0) is 48.6 Å². The van der Waals surface area contributed by atoms with Gasteiger partial charge < -0.3 is 9.47 Å². The van der Waals surface area contributed by atoms with Crippen molar-refractivity contribution < 1.29 is 9.47 Å². The number of unbranched alkanes of at least 4 members (excludes halogenated alkanes) is 16. The molecule has 2 rings (SSSR count). The van der Waals surface area contributed by atoms with Crippen molar-refractivity contribution in [2.75, 3.05) is 13.2 Å². The van der Waals surface area contributed by atoms with Gasteiger partial charge in [-0.2, -0.15) is 0 Å².